The van der Waals surface area contributed by atoms with E-state index in [1.54, 1.807) is 7.11 Å². The van der Waals surface area contributed by atoms with E-state index in [0.717, 1.165) is 40.3 Å². The lowest BCUT2D eigenvalue weighted by Crippen LogP contribution is -2.14. The number of nitrogens with one attached hydrogen (secondary N) is 1. The Morgan fingerprint density at radius 1 is 1.20 bits per heavy atom. The second-order valence-electron chi connectivity index (χ2n) is 6.39. The number of nitrogens with zero attached hydrogens (tertiary/aromatic N) is 1. The summed E-state index contributed by atoms with van der Waals surface area (Å²) >= 11 is 1.46. The van der Waals surface area contributed by atoms with Crippen molar-refractivity contribution < 1.29 is 9.53 Å². The Morgan fingerprint density at radius 2 is 2.04 bits per heavy atom. The van der Waals surface area contributed by atoms with E-state index in [0.29, 0.717) is 0 Å². The summed E-state index contributed by atoms with van der Waals surface area (Å²) in [4.78, 5) is 20.6. The van der Waals surface area contributed by atoms with Crippen molar-refractivity contribution in [2.24, 2.45) is 0 Å². The SMILES string of the molecule is COc1ccc2nc(S[C@@H](C)C(=O)c3ccc4c(c3)CCC4)[nH]c2c1. The van der Waals surface area contributed by atoms with Crippen LogP contribution in [-0.2, 0) is 12.8 Å². The summed E-state index contributed by atoms with van der Waals surface area (Å²) in [7, 11) is 1.64. The first kappa shape index (κ1) is 16.2. The molecule has 2 aromatic carbocycles. The molecule has 0 fully saturated rings. The van der Waals surface area contributed by atoms with Crippen molar-refractivity contribution in [3.63, 3.8) is 0 Å². The van der Waals surface area contributed by atoms with Crippen LogP contribution < -0.4 is 4.74 Å². The van der Waals surface area contributed by atoms with Gasteiger partial charge in [0.2, 0.25) is 0 Å². The molecule has 0 saturated heterocycles. The Kier molecular flexibility index (Phi) is 4.25. The number of methoxy groups -OCH3 is 1. The van der Waals surface area contributed by atoms with Crippen LogP contribution in [0.4, 0.5) is 0 Å². The van der Waals surface area contributed by atoms with Gasteiger partial charge in [0.1, 0.15) is 5.75 Å². The van der Waals surface area contributed by atoms with Gasteiger partial charge in [-0.25, -0.2) is 4.98 Å². The van der Waals surface area contributed by atoms with Crippen LogP contribution in [0.1, 0.15) is 34.8 Å². The maximum Gasteiger partial charge on any atom is 0.176 e. The minimum absolute atomic E-state index is 0.151. The third-order valence-electron chi connectivity index (χ3n) is 4.71. The third-order valence-corrected chi connectivity index (χ3v) is 5.69. The van der Waals surface area contributed by atoms with Crippen molar-refractivity contribution in [3.8, 4) is 5.75 Å². The van der Waals surface area contributed by atoms with Gasteiger partial charge in [-0.3, -0.25) is 4.79 Å². The molecule has 25 heavy (non-hydrogen) atoms. The molecule has 0 radical (unpaired) electrons. The lowest BCUT2D eigenvalue weighted by Gasteiger charge is -2.10. The highest BCUT2D eigenvalue weighted by atomic mass is 32.2. The average Bonchev–Trinajstić information content (AvgIpc) is 3.25. The summed E-state index contributed by atoms with van der Waals surface area (Å²) in [6, 6.07) is 11.9. The first-order valence-corrected chi connectivity index (χ1v) is 9.38. The number of carbonyl (C=O) groups excluding carboxylic acids is 1. The van der Waals surface area contributed by atoms with Crippen LogP contribution >= 0.6 is 11.8 Å². The molecule has 5 heteroatoms. The predicted octanol–water partition coefficient (Wildman–Crippen LogP) is 4.42. The molecule has 0 bridgehead atoms. The van der Waals surface area contributed by atoms with E-state index in [9.17, 15) is 4.79 Å². The molecule has 0 amide bonds. The van der Waals surface area contributed by atoms with E-state index < -0.39 is 0 Å². The molecule has 0 aliphatic heterocycles. The smallest absolute Gasteiger partial charge is 0.176 e. The van der Waals surface area contributed by atoms with Gasteiger partial charge < -0.3 is 9.72 Å². The van der Waals surface area contributed by atoms with Gasteiger partial charge >= 0.3 is 0 Å². The van der Waals surface area contributed by atoms with E-state index >= 15 is 0 Å². The quantitative estimate of drug-likeness (QED) is 0.545. The fraction of sp³-hybridized carbons (Fsp3) is 0.300. The monoisotopic (exact) mass is 352 g/mol. The Labute approximate surface area is 151 Å². The van der Waals surface area contributed by atoms with Crippen LogP contribution in [0, 0.1) is 0 Å². The molecule has 1 aliphatic carbocycles. The van der Waals surface area contributed by atoms with Gasteiger partial charge in [0.05, 0.1) is 23.4 Å². The van der Waals surface area contributed by atoms with Crippen molar-refractivity contribution in [3.05, 3.63) is 53.1 Å². The van der Waals surface area contributed by atoms with E-state index in [1.807, 2.05) is 31.2 Å². The van der Waals surface area contributed by atoms with Crippen LogP contribution in [0.15, 0.2) is 41.6 Å². The largest absolute Gasteiger partial charge is 0.497 e. The van der Waals surface area contributed by atoms with Crippen LogP contribution in [0.5, 0.6) is 5.75 Å². The zero-order valence-corrected chi connectivity index (χ0v) is 15.2. The zero-order chi connectivity index (χ0) is 17.4. The first-order valence-electron chi connectivity index (χ1n) is 8.50. The molecule has 0 saturated carbocycles. The molecule has 1 atom stereocenters. The molecule has 128 valence electrons. The Hall–Kier alpha value is -2.27. The summed E-state index contributed by atoms with van der Waals surface area (Å²) in [6.45, 7) is 1.94. The van der Waals surface area contributed by atoms with Crippen LogP contribution in [0.25, 0.3) is 11.0 Å². The molecule has 0 spiro atoms. The molecule has 1 heterocycles. The van der Waals surface area contributed by atoms with E-state index in [-0.39, 0.29) is 11.0 Å². The predicted molar refractivity (Wildman–Crippen MR) is 101 cm³/mol. The Balaban J connectivity index is 1.53. The molecule has 1 N–H and O–H groups in total. The highest BCUT2D eigenvalue weighted by molar-refractivity contribution is 8.00. The number of fused-ring (bicyclic) bond motifs is 2. The Morgan fingerprint density at radius 3 is 2.88 bits per heavy atom. The van der Waals surface area contributed by atoms with Crippen molar-refractivity contribution in [1.29, 1.82) is 0 Å². The van der Waals surface area contributed by atoms with Gasteiger partial charge in [0.25, 0.3) is 0 Å². The molecule has 1 aromatic heterocycles. The highest BCUT2D eigenvalue weighted by Gasteiger charge is 2.20. The molecule has 0 unspecified atom stereocenters. The second kappa shape index (κ2) is 6.56. The van der Waals surface area contributed by atoms with E-state index in [2.05, 4.69) is 22.1 Å². The minimum Gasteiger partial charge on any atom is -0.497 e. The number of rotatable bonds is 5. The Bertz CT molecular complexity index is 948. The number of ketones is 1. The molecular formula is C20H20N2O2S. The molecular weight excluding hydrogens is 332 g/mol. The van der Waals surface area contributed by atoms with Gasteiger partial charge in [-0.05, 0) is 55.5 Å². The lowest BCUT2D eigenvalue weighted by atomic mass is 10.0. The maximum absolute atomic E-state index is 12.8. The number of aryl methyl sites for hydroxylation is 2. The number of imidazole rings is 1. The summed E-state index contributed by atoms with van der Waals surface area (Å²) in [5, 5.41) is 0.562. The topological polar surface area (TPSA) is 55.0 Å². The van der Waals surface area contributed by atoms with Crippen molar-refractivity contribution in [2.75, 3.05) is 7.11 Å². The summed E-state index contributed by atoms with van der Waals surface area (Å²) in [5.74, 6) is 0.938. The third kappa shape index (κ3) is 3.16. The van der Waals surface area contributed by atoms with Gasteiger partial charge in [-0.15, -0.1) is 0 Å². The molecule has 4 rings (SSSR count). The number of H-pyrrole nitrogens is 1. The van der Waals surface area contributed by atoms with Crippen molar-refractivity contribution >= 4 is 28.6 Å². The van der Waals surface area contributed by atoms with Crippen LogP contribution in [0.2, 0.25) is 0 Å². The van der Waals surface area contributed by atoms with Crippen molar-refractivity contribution in [2.45, 2.75) is 36.6 Å². The van der Waals surface area contributed by atoms with Gasteiger partial charge in [0.15, 0.2) is 10.9 Å². The second-order valence-corrected chi connectivity index (χ2v) is 7.72. The number of aromatic amines is 1. The average molecular weight is 352 g/mol. The minimum atomic E-state index is -0.193. The normalized spacial score (nSPS) is 14.5. The van der Waals surface area contributed by atoms with Gasteiger partial charge in [-0.1, -0.05) is 23.9 Å². The number of thioether (sulfide) groups is 1. The van der Waals surface area contributed by atoms with Crippen LogP contribution in [0.3, 0.4) is 0 Å². The highest BCUT2D eigenvalue weighted by Crippen LogP contribution is 2.29. The van der Waals surface area contributed by atoms with Crippen LogP contribution in [-0.4, -0.2) is 28.1 Å². The fourth-order valence-corrected chi connectivity index (χ4v) is 4.23. The summed E-state index contributed by atoms with van der Waals surface area (Å²) < 4.78 is 5.24. The standard InChI is InChI=1S/C20H20N2O2S/c1-12(19(23)15-7-6-13-4-3-5-14(13)10-15)25-20-21-17-9-8-16(24-2)11-18(17)22-20/h6-12H,3-5H2,1-2H3,(H,21,22)/t12-/m0/s1. The maximum atomic E-state index is 12.8. The van der Waals surface area contributed by atoms with Crippen molar-refractivity contribution in [1.82, 2.24) is 9.97 Å². The number of hydrogen-bond donors (Lipinski definition) is 1. The molecule has 3 aromatic rings. The van der Waals surface area contributed by atoms with E-state index in [4.69, 9.17) is 4.74 Å². The van der Waals surface area contributed by atoms with Gasteiger partial charge in [-0.2, -0.15) is 0 Å². The molecule has 1 aliphatic rings. The number of carbonyl (C=O) groups is 1. The number of ether oxygens (including phenoxy) is 1. The van der Waals surface area contributed by atoms with E-state index in [1.165, 1.54) is 29.3 Å². The molecule has 4 nitrogen and oxygen atoms in total. The number of hydrogen-bond acceptors (Lipinski definition) is 4. The fourth-order valence-electron chi connectivity index (χ4n) is 3.33. The number of Topliss-reactive ketones (excluding diaryl/α,β-unsaturated/α-hetero) is 1. The first-order chi connectivity index (χ1) is 12.1. The lowest BCUT2D eigenvalue weighted by molar-refractivity contribution is 0.0994. The van der Waals surface area contributed by atoms with Gasteiger partial charge in [0, 0.05) is 11.6 Å². The summed E-state index contributed by atoms with van der Waals surface area (Å²) in [6.07, 6.45) is 3.42. The summed E-state index contributed by atoms with van der Waals surface area (Å²) in [5.41, 5.74) is 5.32. The number of benzene rings is 2. The zero-order valence-electron chi connectivity index (χ0n) is 14.3. The number of aromatic nitrogens is 2.